The third-order valence-corrected chi connectivity index (χ3v) is 5.70. The number of halogens is 1. The van der Waals surface area contributed by atoms with Gasteiger partial charge >= 0.3 is 0 Å². The van der Waals surface area contributed by atoms with Crippen LogP contribution in [0.15, 0.2) is 42.5 Å². The molecule has 1 amide bonds. The second-order valence-electron chi connectivity index (χ2n) is 7.46. The van der Waals surface area contributed by atoms with Gasteiger partial charge in [-0.25, -0.2) is 4.39 Å². The smallest absolute Gasteiger partial charge is 0.237 e. The zero-order valence-corrected chi connectivity index (χ0v) is 17.4. The molecule has 1 saturated heterocycles. The Morgan fingerprint density at radius 2 is 1.86 bits per heavy atom. The van der Waals surface area contributed by atoms with E-state index >= 15 is 0 Å². The first kappa shape index (κ1) is 21.1. The van der Waals surface area contributed by atoms with Crippen LogP contribution in [0.2, 0.25) is 0 Å². The van der Waals surface area contributed by atoms with E-state index in [0.717, 1.165) is 42.0 Å². The molecule has 0 radical (unpaired) electrons. The molecule has 0 unspecified atom stereocenters. The Morgan fingerprint density at radius 1 is 1.14 bits per heavy atom. The Bertz CT molecular complexity index is 841. The largest absolute Gasteiger partial charge is 0.497 e. The van der Waals surface area contributed by atoms with Gasteiger partial charge in [-0.15, -0.1) is 0 Å². The van der Waals surface area contributed by atoms with Crippen LogP contribution in [0.4, 0.5) is 4.39 Å². The SMILES string of the molecule is COc1ccc(OC)c([C@@H]2CCCN2[C@@H](C)C(=O)N[C@H](C)c2ccc(F)cc2)c1. The molecule has 1 aliphatic rings. The molecule has 1 heterocycles. The Morgan fingerprint density at radius 3 is 2.52 bits per heavy atom. The molecule has 1 fully saturated rings. The molecule has 1 N–H and O–H groups in total. The highest BCUT2D eigenvalue weighted by Gasteiger charge is 2.35. The van der Waals surface area contributed by atoms with Gasteiger partial charge in [0.05, 0.1) is 26.3 Å². The number of hydrogen-bond donors (Lipinski definition) is 1. The zero-order chi connectivity index (χ0) is 21.0. The van der Waals surface area contributed by atoms with Crippen LogP contribution in [0.5, 0.6) is 11.5 Å². The normalized spacial score (nSPS) is 18.9. The average molecular weight is 400 g/mol. The summed E-state index contributed by atoms with van der Waals surface area (Å²) in [4.78, 5) is 15.2. The third-order valence-electron chi connectivity index (χ3n) is 5.70. The van der Waals surface area contributed by atoms with E-state index in [-0.39, 0.29) is 29.8 Å². The topological polar surface area (TPSA) is 50.8 Å². The van der Waals surface area contributed by atoms with Crippen molar-refractivity contribution in [2.24, 2.45) is 0 Å². The van der Waals surface area contributed by atoms with Gasteiger partial charge in [0, 0.05) is 11.6 Å². The summed E-state index contributed by atoms with van der Waals surface area (Å²) in [6.45, 7) is 4.67. The predicted molar refractivity (Wildman–Crippen MR) is 111 cm³/mol. The first-order valence-corrected chi connectivity index (χ1v) is 9.98. The quantitative estimate of drug-likeness (QED) is 0.755. The number of ether oxygens (including phenoxy) is 2. The standard InChI is InChI=1S/C23H29FN2O3/c1-15(17-7-9-18(24)10-8-17)25-23(27)16(2)26-13-5-6-21(26)20-14-19(28-3)11-12-22(20)29-4/h7-12,14-16,21H,5-6,13H2,1-4H3,(H,25,27)/t15-,16+,21+/m1/s1. The summed E-state index contributed by atoms with van der Waals surface area (Å²) >= 11 is 0. The highest BCUT2D eigenvalue weighted by Crippen LogP contribution is 2.40. The van der Waals surface area contributed by atoms with Gasteiger partial charge in [0.1, 0.15) is 17.3 Å². The van der Waals surface area contributed by atoms with Gasteiger partial charge in [-0.2, -0.15) is 0 Å². The molecule has 0 bridgehead atoms. The van der Waals surface area contributed by atoms with Crippen LogP contribution in [0.25, 0.3) is 0 Å². The van der Waals surface area contributed by atoms with E-state index in [2.05, 4.69) is 10.2 Å². The van der Waals surface area contributed by atoms with Crippen molar-refractivity contribution in [1.29, 1.82) is 0 Å². The number of hydrogen-bond acceptors (Lipinski definition) is 4. The fourth-order valence-electron chi connectivity index (χ4n) is 4.01. The number of benzene rings is 2. The Balaban J connectivity index is 1.75. The summed E-state index contributed by atoms with van der Waals surface area (Å²) in [6, 6.07) is 11.6. The van der Waals surface area contributed by atoms with E-state index in [4.69, 9.17) is 9.47 Å². The number of methoxy groups -OCH3 is 2. The van der Waals surface area contributed by atoms with Crippen molar-refractivity contribution in [2.75, 3.05) is 20.8 Å². The number of nitrogens with zero attached hydrogens (tertiary/aromatic N) is 1. The van der Waals surface area contributed by atoms with Crippen molar-refractivity contribution >= 4 is 5.91 Å². The van der Waals surface area contributed by atoms with Crippen molar-refractivity contribution in [3.05, 3.63) is 59.4 Å². The summed E-state index contributed by atoms with van der Waals surface area (Å²) in [7, 11) is 3.30. The maximum atomic E-state index is 13.2. The molecule has 2 aromatic rings. The van der Waals surface area contributed by atoms with Crippen molar-refractivity contribution < 1.29 is 18.7 Å². The minimum Gasteiger partial charge on any atom is -0.497 e. The number of likely N-dealkylation sites (tertiary alicyclic amines) is 1. The van der Waals surface area contributed by atoms with Crippen LogP contribution in [-0.4, -0.2) is 37.6 Å². The van der Waals surface area contributed by atoms with Gasteiger partial charge in [0.2, 0.25) is 5.91 Å². The number of carbonyl (C=O) groups is 1. The van der Waals surface area contributed by atoms with E-state index in [1.165, 1.54) is 12.1 Å². The third kappa shape index (κ3) is 4.70. The molecule has 29 heavy (non-hydrogen) atoms. The maximum Gasteiger partial charge on any atom is 0.237 e. The molecule has 0 aliphatic carbocycles. The Kier molecular flexibility index (Phi) is 6.75. The second-order valence-corrected chi connectivity index (χ2v) is 7.46. The molecule has 6 heteroatoms. The van der Waals surface area contributed by atoms with Gasteiger partial charge in [-0.05, 0) is 69.1 Å². The minimum atomic E-state index is -0.304. The molecular formula is C23H29FN2O3. The van der Waals surface area contributed by atoms with Gasteiger partial charge in [-0.3, -0.25) is 9.69 Å². The van der Waals surface area contributed by atoms with E-state index < -0.39 is 0 Å². The van der Waals surface area contributed by atoms with Crippen LogP contribution in [0.3, 0.4) is 0 Å². The summed E-state index contributed by atoms with van der Waals surface area (Å²) < 4.78 is 24.1. The molecule has 3 atom stereocenters. The predicted octanol–water partition coefficient (Wildman–Crippen LogP) is 4.25. The van der Waals surface area contributed by atoms with Crippen molar-refractivity contribution in [2.45, 2.75) is 44.8 Å². The van der Waals surface area contributed by atoms with Crippen LogP contribution >= 0.6 is 0 Å². The second kappa shape index (κ2) is 9.27. The summed E-state index contributed by atoms with van der Waals surface area (Å²) in [5.41, 5.74) is 1.91. The first-order chi connectivity index (χ1) is 13.9. The lowest BCUT2D eigenvalue weighted by atomic mass is 10.0. The van der Waals surface area contributed by atoms with E-state index in [1.54, 1.807) is 26.4 Å². The highest BCUT2D eigenvalue weighted by molar-refractivity contribution is 5.81. The van der Waals surface area contributed by atoms with Crippen molar-refractivity contribution in [3.8, 4) is 11.5 Å². The lowest BCUT2D eigenvalue weighted by Gasteiger charge is -2.31. The lowest BCUT2D eigenvalue weighted by molar-refractivity contribution is -0.127. The monoisotopic (exact) mass is 400 g/mol. The molecule has 1 aliphatic heterocycles. The van der Waals surface area contributed by atoms with Gasteiger partial charge < -0.3 is 14.8 Å². The fraction of sp³-hybridized carbons (Fsp3) is 0.435. The molecule has 3 rings (SSSR count). The first-order valence-electron chi connectivity index (χ1n) is 9.98. The molecule has 2 aromatic carbocycles. The van der Waals surface area contributed by atoms with E-state index in [9.17, 15) is 9.18 Å². The molecule has 0 saturated carbocycles. The molecular weight excluding hydrogens is 371 g/mol. The van der Waals surface area contributed by atoms with Crippen LogP contribution in [0, 0.1) is 5.82 Å². The fourth-order valence-corrected chi connectivity index (χ4v) is 4.01. The number of rotatable bonds is 7. The van der Waals surface area contributed by atoms with Gasteiger partial charge in [0.25, 0.3) is 0 Å². The summed E-state index contributed by atoms with van der Waals surface area (Å²) in [5.74, 6) is 1.24. The highest BCUT2D eigenvalue weighted by atomic mass is 19.1. The molecule has 5 nitrogen and oxygen atoms in total. The Hall–Kier alpha value is -2.60. The molecule has 0 aromatic heterocycles. The van der Waals surface area contributed by atoms with Gasteiger partial charge in [0.15, 0.2) is 0 Å². The van der Waals surface area contributed by atoms with Crippen molar-refractivity contribution in [3.63, 3.8) is 0 Å². The maximum absolute atomic E-state index is 13.2. The van der Waals surface area contributed by atoms with Crippen LogP contribution in [0.1, 0.15) is 49.9 Å². The number of amides is 1. The van der Waals surface area contributed by atoms with Crippen molar-refractivity contribution in [1.82, 2.24) is 10.2 Å². The molecule has 0 spiro atoms. The summed E-state index contributed by atoms with van der Waals surface area (Å²) in [5, 5.41) is 3.06. The number of carbonyl (C=O) groups excluding carboxylic acids is 1. The molecule has 156 valence electrons. The zero-order valence-electron chi connectivity index (χ0n) is 17.4. The lowest BCUT2D eigenvalue weighted by Crippen LogP contribution is -2.45. The number of nitrogens with one attached hydrogen (secondary N) is 1. The van der Waals surface area contributed by atoms with Gasteiger partial charge in [-0.1, -0.05) is 12.1 Å². The van der Waals surface area contributed by atoms with Crippen LogP contribution < -0.4 is 14.8 Å². The average Bonchev–Trinajstić information content (AvgIpc) is 3.22. The van der Waals surface area contributed by atoms with E-state index in [1.807, 2.05) is 32.0 Å². The summed E-state index contributed by atoms with van der Waals surface area (Å²) in [6.07, 6.45) is 1.96. The minimum absolute atomic E-state index is 0.0458. The Labute approximate surface area is 171 Å². The van der Waals surface area contributed by atoms with Crippen LogP contribution in [-0.2, 0) is 4.79 Å². The van der Waals surface area contributed by atoms with E-state index in [0.29, 0.717) is 0 Å².